The Labute approximate surface area is 109 Å². The van der Waals surface area contributed by atoms with E-state index in [9.17, 15) is 0 Å². The van der Waals surface area contributed by atoms with Gasteiger partial charge in [0.15, 0.2) is 8.32 Å². The average molecular weight is 252 g/mol. The van der Waals surface area contributed by atoms with Gasteiger partial charge >= 0.3 is 0 Å². The molecule has 0 N–H and O–H groups in total. The zero-order chi connectivity index (χ0) is 13.5. The van der Waals surface area contributed by atoms with Crippen molar-refractivity contribution in [1.82, 2.24) is 0 Å². The highest BCUT2D eigenvalue weighted by Gasteiger charge is 2.38. The van der Waals surface area contributed by atoms with Crippen molar-refractivity contribution in [2.45, 2.75) is 71.2 Å². The predicted molar refractivity (Wildman–Crippen MR) is 79.6 cm³/mol. The molecule has 0 saturated carbocycles. The second-order valence-electron chi connectivity index (χ2n) is 5.97. The molecule has 0 aliphatic heterocycles. The standard InChI is InChI=1S/C15H28OSi/c1-8-10-11-12-13-14(9-2)16-17(6,7)15(3,4)5/h9,14H,2,11-13H2,1,3-7H3/t14-/m1/s1. The van der Waals surface area contributed by atoms with Crippen molar-refractivity contribution in [2.75, 3.05) is 0 Å². The van der Waals surface area contributed by atoms with Crippen LogP contribution < -0.4 is 0 Å². The maximum Gasteiger partial charge on any atom is 0.192 e. The lowest BCUT2D eigenvalue weighted by Gasteiger charge is -2.38. The van der Waals surface area contributed by atoms with Gasteiger partial charge in [-0.1, -0.05) is 26.8 Å². The minimum Gasteiger partial charge on any atom is -0.411 e. The fourth-order valence-electron chi connectivity index (χ4n) is 1.30. The minimum absolute atomic E-state index is 0.189. The summed E-state index contributed by atoms with van der Waals surface area (Å²) in [4.78, 5) is 0. The maximum atomic E-state index is 6.30. The van der Waals surface area contributed by atoms with Crippen LogP contribution in [0.3, 0.4) is 0 Å². The molecule has 0 bridgehead atoms. The number of unbranched alkanes of at least 4 members (excludes halogenated alkanes) is 1. The first-order valence-corrected chi connectivity index (χ1v) is 9.35. The van der Waals surface area contributed by atoms with Gasteiger partial charge in [-0.05, 0) is 37.9 Å². The van der Waals surface area contributed by atoms with Crippen molar-refractivity contribution in [1.29, 1.82) is 0 Å². The maximum absolute atomic E-state index is 6.30. The number of hydrogen-bond donors (Lipinski definition) is 0. The third-order valence-corrected chi connectivity index (χ3v) is 7.99. The second-order valence-corrected chi connectivity index (χ2v) is 10.7. The Balaban J connectivity index is 4.29. The molecule has 0 heterocycles. The first-order valence-electron chi connectivity index (χ1n) is 6.44. The molecule has 0 fully saturated rings. The van der Waals surface area contributed by atoms with Gasteiger partial charge in [0.2, 0.25) is 0 Å². The summed E-state index contributed by atoms with van der Waals surface area (Å²) >= 11 is 0. The van der Waals surface area contributed by atoms with Crippen LogP contribution in [0.4, 0.5) is 0 Å². The first kappa shape index (κ1) is 16.5. The van der Waals surface area contributed by atoms with Gasteiger partial charge in [0.25, 0.3) is 0 Å². The van der Waals surface area contributed by atoms with Crippen LogP contribution in [0.25, 0.3) is 0 Å². The molecule has 0 aromatic carbocycles. The van der Waals surface area contributed by atoms with Gasteiger partial charge < -0.3 is 4.43 Å². The lowest BCUT2D eigenvalue weighted by molar-refractivity contribution is 0.213. The predicted octanol–water partition coefficient (Wildman–Crippen LogP) is 4.76. The van der Waals surface area contributed by atoms with Crippen LogP contribution >= 0.6 is 0 Å². The summed E-state index contributed by atoms with van der Waals surface area (Å²) in [5.74, 6) is 6.02. The molecule has 0 radical (unpaired) electrons. The summed E-state index contributed by atoms with van der Waals surface area (Å²) in [7, 11) is -1.66. The van der Waals surface area contributed by atoms with E-state index in [2.05, 4.69) is 52.3 Å². The van der Waals surface area contributed by atoms with Crippen molar-refractivity contribution in [3.05, 3.63) is 12.7 Å². The fraction of sp³-hybridized carbons (Fsp3) is 0.733. The van der Waals surface area contributed by atoms with Gasteiger partial charge in [-0.25, -0.2) is 0 Å². The molecule has 1 nitrogen and oxygen atoms in total. The lowest BCUT2D eigenvalue weighted by atomic mass is 10.1. The van der Waals surface area contributed by atoms with Crippen LogP contribution in [-0.2, 0) is 4.43 Å². The highest BCUT2D eigenvalue weighted by atomic mass is 28.4. The summed E-state index contributed by atoms with van der Waals surface area (Å²) in [6.45, 7) is 17.1. The topological polar surface area (TPSA) is 9.23 Å². The molecule has 2 heteroatoms. The zero-order valence-corrected chi connectivity index (χ0v) is 13.4. The highest BCUT2D eigenvalue weighted by Crippen LogP contribution is 2.37. The van der Waals surface area contributed by atoms with Crippen LogP contribution in [0, 0.1) is 11.8 Å². The minimum atomic E-state index is -1.66. The Morgan fingerprint density at radius 2 is 1.94 bits per heavy atom. The zero-order valence-electron chi connectivity index (χ0n) is 12.4. The van der Waals surface area contributed by atoms with Gasteiger partial charge in [-0.3, -0.25) is 0 Å². The smallest absolute Gasteiger partial charge is 0.192 e. The van der Waals surface area contributed by atoms with Crippen molar-refractivity contribution in [3.63, 3.8) is 0 Å². The summed E-state index contributed by atoms with van der Waals surface area (Å²) in [5.41, 5.74) is 0. The molecule has 17 heavy (non-hydrogen) atoms. The van der Waals surface area contributed by atoms with E-state index in [-0.39, 0.29) is 11.1 Å². The van der Waals surface area contributed by atoms with E-state index < -0.39 is 8.32 Å². The molecule has 0 spiro atoms. The van der Waals surface area contributed by atoms with Crippen LogP contribution in [0.1, 0.15) is 47.0 Å². The fourth-order valence-corrected chi connectivity index (χ4v) is 2.62. The van der Waals surface area contributed by atoms with Crippen LogP contribution in [0.15, 0.2) is 12.7 Å². The van der Waals surface area contributed by atoms with E-state index in [0.717, 1.165) is 19.3 Å². The molecule has 0 aromatic heterocycles. The lowest BCUT2D eigenvalue weighted by Crippen LogP contribution is -2.43. The largest absolute Gasteiger partial charge is 0.411 e. The third kappa shape index (κ3) is 6.09. The molecule has 0 aromatic rings. The van der Waals surface area contributed by atoms with Crippen molar-refractivity contribution in [2.24, 2.45) is 0 Å². The van der Waals surface area contributed by atoms with E-state index in [1.807, 2.05) is 13.0 Å². The SMILES string of the molecule is C=C[C@H](CCCC#CC)O[Si](C)(C)C(C)(C)C. The Hall–Kier alpha value is -0.523. The Bertz CT molecular complexity index is 288. The molecular formula is C15H28OSi. The quantitative estimate of drug-likeness (QED) is 0.287. The molecule has 0 saturated heterocycles. The van der Waals surface area contributed by atoms with Gasteiger partial charge in [0, 0.05) is 6.42 Å². The van der Waals surface area contributed by atoms with Crippen LogP contribution in [0.5, 0.6) is 0 Å². The summed E-state index contributed by atoms with van der Waals surface area (Å²) < 4.78 is 6.30. The Morgan fingerprint density at radius 1 is 1.35 bits per heavy atom. The highest BCUT2D eigenvalue weighted by molar-refractivity contribution is 6.74. The molecule has 0 unspecified atom stereocenters. The number of rotatable bonds is 6. The number of hydrogen-bond acceptors (Lipinski definition) is 1. The third-order valence-electron chi connectivity index (χ3n) is 3.48. The van der Waals surface area contributed by atoms with Crippen molar-refractivity contribution >= 4 is 8.32 Å². The van der Waals surface area contributed by atoms with Crippen LogP contribution in [0.2, 0.25) is 18.1 Å². The second kappa shape index (κ2) is 7.03. The molecule has 0 aliphatic carbocycles. The van der Waals surface area contributed by atoms with Crippen LogP contribution in [-0.4, -0.2) is 14.4 Å². The summed E-state index contributed by atoms with van der Waals surface area (Å²) in [6, 6.07) is 0. The summed E-state index contributed by atoms with van der Waals surface area (Å²) in [5, 5.41) is 0.261. The monoisotopic (exact) mass is 252 g/mol. The first-order chi connectivity index (χ1) is 7.74. The molecule has 0 aliphatic rings. The summed E-state index contributed by atoms with van der Waals surface area (Å²) in [6.07, 6.45) is 5.22. The van der Waals surface area contributed by atoms with E-state index in [1.54, 1.807) is 0 Å². The molecule has 98 valence electrons. The van der Waals surface area contributed by atoms with Gasteiger partial charge in [0.1, 0.15) is 0 Å². The van der Waals surface area contributed by atoms with Gasteiger partial charge in [-0.15, -0.1) is 18.4 Å². The molecular weight excluding hydrogens is 224 g/mol. The van der Waals surface area contributed by atoms with Gasteiger partial charge in [-0.2, -0.15) is 0 Å². The normalized spacial score (nSPS) is 13.8. The van der Waals surface area contributed by atoms with Crippen molar-refractivity contribution in [3.8, 4) is 11.8 Å². The molecule has 0 amide bonds. The molecule has 0 rings (SSSR count). The van der Waals surface area contributed by atoms with E-state index in [1.165, 1.54) is 0 Å². The Kier molecular flexibility index (Phi) is 6.82. The van der Waals surface area contributed by atoms with E-state index >= 15 is 0 Å². The van der Waals surface area contributed by atoms with E-state index in [4.69, 9.17) is 4.43 Å². The van der Waals surface area contributed by atoms with E-state index in [0.29, 0.717) is 0 Å². The Morgan fingerprint density at radius 3 is 2.35 bits per heavy atom. The van der Waals surface area contributed by atoms with Crippen molar-refractivity contribution < 1.29 is 4.43 Å². The molecule has 1 atom stereocenters. The van der Waals surface area contributed by atoms with Gasteiger partial charge in [0.05, 0.1) is 6.10 Å². The average Bonchev–Trinajstić information content (AvgIpc) is 2.20.